The van der Waals surface area contributed by atoms with Crippen molar-refractivity contribution in [3.8, 4) is 39.7 Å². The smallest absolute Gasteiger partial charge is 0.220 e. The average molecular weight is 1090 g/mol. The van der Waals surface area contributed by atoms with E-state index >= 15 is 0 Å². The molecule has 0 radical (unpaired) electrons. The van der Waals surface area contributed by atoms with Crippen LogP contribution in [0.3, 0.4) is 0 Å². The molecule has 4 nitrogen and oxygen atoms in total. The summed E-state index contributed by atoms with van der Waals surface area (Å²) >= 11 is 7.18. The third-order valence-electron chi connectivity index (χ3n) is 17.2. The molecule has 0 saturated heterocycles. The SMILES string of the molecule is [C-]#[N+]c1c(-c2cccc3sc4ccccc4c23)c(C#N)c(-n2c3cc(C)c(C)cc3c3ccc4c5ccccc5sc4c32)c(-c2cccc3sc4ccccc4c23)c1-n1c2cc(C)c(C)cc2c2ccc3c4ccccc4sc3c21. The van der Waals surface area contributed by atoms with E-state index in [4.69, 9.17) is 4.85 Å². The number of aromatic nitrogens is 2. The average Bonchev–Trinajstić information content (AvgIpc) is 4.54. The molecule has 17 aromatic rings. The van der Waals surface area contributed by atoms with Crippen LogP contribution in [0.2, 0.25) is 0 Å². The molecule has 11 aromatic carbocycles. The minimum absolute atomic E-state index is 0.439. The monoisotopic (exact) mass is 1090 g/mol. The van der Waals surface area contributed by atoms with E-state index in [2.05, 4.69) is 225 Å². The fraction of sp³-hybridized carbons (Fsp3) is 0.0556. The number of fused-ring (bicyclic) bond motifs is 20. The molecule has 8 heteroatoms. The lowest BCUT2D eigenvalue weighted by Crippen LogP contribution is -2.09. The quantitative estimate of drug-likeness (QED) is 0.162. The van der Waals surface area contributed by atoms with E-state index in [0.29, 0.717) is 16.8 Å². The summed E-state index contributed by atoms with van der Waals surface area (Å²) in [6, 6.07) is 69.6. The first-order chi connectivity index (χ1) is 39.3. The molecule has 0 atom stereocenters. The molecule has 17 rings (SSSR count). The molecular formula is C72H42N4S4. The predicted octanol–water partition coefficient (Wildman–Crippen LogP) is 22.3. The van der Waals surface area contributed by atoms with Crippen LogP contribution in [0.1, 0.15) is 27.8 Å². The highest BCUT2D eigenvalue weighted by molar-refractivity contribution is 7.27. The first-order valence-corrected chi connectivity index (χ1v) is 30.1. The van der Waals surface area contributed by atoms with Crippen molar-refractivity contribution >= 4 is 175 Å². The number of benzene rings is 11. The Labute approximate surface area is 474 Å². The number of nitriles is 1. The van der Waals surface area contributed by atoms with Crippen LogP contribution in [-0.2, 0) is 0 Å². The second-order valence-corrected chi connectivity index (χ2v) is 25.7. The Hall–Kier alpha value is -9.12. The Morgan fingerprint density at radius 1 is 0.388 bits per heavy atom. The van der Waals surface area contributed by atoms with E-state index in [0.717, 1.165) is 128 Å². The zero-order chi connectivity index (χ0) is 53.4. The summed E-state index contributed by atoms with van der Waals surface area (Å²) in [5.41, 5.74) is 14.6. The summed E-state index contributed by atoms with van der Waals surface area (Å²) in [7, 11) is 0. The molecule has 0 amide bonds. The van der Waals surface area contributed by atoms with Crippen LogP contribution in [0.25, 0.3) is 163 Å². The number of hydrogen-bond donors (Lipinski definition) is 0. The summed E-state index contributed by atoms with van der Waals surface area (Å²) < 4.78 is 14.3. The van der Waals surface area contributed by atoms with Crippen LogP contribution >= 0.6 is 45.3 Å². The summed E-state index contributed by atoms with van der Waals surface area (Å²) in [5.74, 6) is 0. The Morgan fingerprint density at radius 3 is 1.26 bits per heavy atom. The first kappa shape index (κ1) is 45.9. The van der Waals surface area contributed by atoms with Gasteiger partial charge in [0.05, 0.1) is 55.0 Å². The van der Waals surface area contributed by atoms with E-state index in [1.54, 1.807) is 22.7 Å². The van der Waals surface area contributed by atoms with Crippen LogP contribution in [0.4, 0.5) is 5.69 Å². The van der Waals surface area contributed by atoms with E-state index in [9.17, 15) is 11.8 Å². The topological polar surface area (TPSA) is 38.0 Å². The molecule has 374 valence electrons. The maximum Gasteiger partial charge on any atom is 0.220 e. The Bertz CT molecular complexity index is 5520. The van der Waals surface area contributed by atoms with Gasteiger partial charge in [-0.15, -0.1) is 45.3 Å². The maximum atomic E-state index is 12.8. The van der Waals surface area contributed by atoms with Crippen molar-refractivity contribution in [3.05, 3.63) is 221 Å². The number of rotatable bonds is 4. The molecule has 0 aliphatic rings. The Balaban J connectivity index is 1.22. The molecule has 80 heavy (non-hydrogen) atoms. The van der Waals surface area contributed by atoms with E-state index in [1.165, 1.54) is 46.8 Å². The fourth-order valence-corrected chi connectivity index (χ4v) is 18.1. The van der Waals surface area contributed by atoms with Gasteiger partial charge in [0.2, 0.25) is 5.69 Å². The van der Waals surface area contributed by atoms with Gasteiger partial charge in [-0.05, 0) is 122 Å². The van der Waals surface area contributed by atoms with Crippen molar-refractivity contribution in [1.82, 2.24) is 9.13 Å². The molecule has 0 saturated carbocycles. The lowest BCUT2D eigenvalue weighted by atomic mass is 9.86. The van der Waals surface area contributed by atoms with Crippen molar-refractivity contribution in [1.29, 1.82) is 5.26 Å². The van der Waals surface area contributed by atoms with Crippen LogP contribution in [0, 0.1) is 45.6 Å². The zero-order valence-corrected chi connectivity index (χ0v) is 47.0. The van der Waals surface area contributed by atoms with Crippen molar-refractivity contribution < 1.29 is 0 Å². The molecule has 6 aromatic heterocycles. The molecule has 0 bridgehead atoms. The van der Waals surface area contributed by atoms with Gasteiger partial charge < -0.3 is 9.13 Å². The first-order valence-electron chi connectivity index (χ1n) is 26.8. The normalized spacial score (nSPS) is 12.2. The molecule has 0 aliphatic heterocycles. The van der Waals surface area contributed by atoms with Crippen LogP contribution in [0.5, 0.6) is 0 Å². The third kappa shape index (κ3) is 6.06. The van der Waals surface area contributed by atoms with Gasteiger partial charge in [-0.1, -0.05) is 121 Å². The van der Waals surface area contributed by atoms with Gasteiger partial charge in [-0.3, -0.25) is 0 Å². The Morgan fingerprint density at radius 2 is 0.787 bits per heavy atom. The van der Waals surface area contributed by atoms with Crippen LogP contribution in [0.15, 0.2) is 182 Å². The number of aryl methyl sites for hydroxylation is 4. The number of thiophene rings is 4. The summed E-state index contributed by atoms with van der Waals surface area (Å²) in [6.45, 7) is 18.8. The highest BCUT2D eigenvalue weighted by atomic mass is 32.1. The fourth-order valence-electron chi connectivity index (χ4n) is 13.4. The number of nitrogens with zero attached hydrogens (tertiary/aromatic N) is 4. The molecule has 0 aliphatic carbocycles. The van der Waals surface area contributed by atoms with Crippen molar-refractivity contribution in [2.24, 2.45) is 0 Å². The van der Waals surface area contributed by atoms with Crippen molar-refractivity contribution in [2.75, 3.05) is 0 Å². The zero-order valence-electron chi connectivity index (χ0n) is 43.7. The molecule has 0 N–H and O–H groups in total. The van der Waals surface area contributed by atoms with E-state index in [-0.39, 0.29) is 0 Å². The van der Waals surface area contributed by atoms with Gasteiger partial charge in [0.25, 0.3) is 0 Å². The molecular weight excluding hydrogens is 1050 g/mol. The number of hydrogen-bond acceptors (Lipinski definition) is 5. The maximum absolute atomic E-state index is 12.8. The minimum Gasteiger partial charge on any atom is -0.317 e. The second kappa shape index (κ2) is 16.7. The van der Waals surface area contributed by atoms with Crippen LogP contribution in [-0.4, -0.2) is 9.13 Å². The van der Waals surface area contributed by atoms with Gasteiger partial charge in [-0.2, -0.15) is 5.26 Å². The predicted molar refractivity (Wildman–Crippen MR) is 347 cm³/mol. The summed E-state index contributed by atoms with van der Waals surface area (Å²) in [5, 5.41) is 26.4. The van der Waals surface area contributed by atoms with E-state index in [1.807, 2.05) is 22.7 Å². The summed E-state index contributed by atoms with van der Waals surface area (Å²) in [6.07, 6.45) is 0. The molecule has 0 unspecified atom stereocenters. The van der Waals surface area contributed by atoms with Crippen molar-refractivity contribution in [3.63, 3.8) is 0 Å². The molecule has 0 fully saturated rings. The van der Waals surface area contributed by atoms with Crippen LogP contribution < -0.4 is 0 Å². The van der Waals surface area contributed by atoms with Gasteiger partial charge >= 0.3 is 0 Å². The van der Waals surface area contributed by atoms with Crippen molar-refractivity contribution in [2.45, 2.75) is 27.7 Å². The third-order valence-corrected chi connectivity index (χ3v) is 21.9. The van der Waals surface area contributed by atoms with E-state index < -0.39 is 0 Å². The van der Waals surface area contributed by atoms with Gasteiger partial charge in [0.15, 0.2) is 0 Å². The Kier molecular flexibility index (Phi) is 9.58. The van der Waals surface area contributed by atoms with Gasteiger partial charge in [-0.25, -0.2) is 4.85 Å². The summed E-state index contributed by atoms with van der Waals surface area (Å²) in [4.78, 5) is 4.91. The standard InChI is InChI=1S/C72H42N4S4/c1-37-32-51-43-28-30-45-41-16-6-10-22-56(41)79-71(45)68(43)75(54(51)34-39(37)3)67-53(36-73)64(49-20-14-26-60-62(49)47-18-8-12-24-58(47)77-60)66(74-5)70(65(67)50-21-15-27-61-63(50)48-19-9-13-25-59(48)78-61)76-55-35-40(4)38(2)33-52(55)44-29-31-46-42-17-7-11-23-57(42)80-72(46)69(44)76/h6-35H,1-4H3. The molecule has 0 spiro atoms. The lowest BCUT2D eigenvalue weighted by molar-refractivity contribution is 1.14. The lowest BCUT2D eigenvalue weighted by Gasteiger charge is -2.27. The second-order valence-electron chi connectivity index (χ2n) is 21.4. The largest absolute Gasteiger partial charge is 0.317 e. The van der Waals surface area contributed by atoms with Gasteiger partial charge in [0.1, 0.15) is 6.07 Å². The minimum atomic E-state index is 0.439. The highest BCUT2D eigenvalue weighted by Crippen LogP contribution is 2.57. The van der Waals surface area contributed by atoms with Gasteiger partial charge in [0, 0.05) is 104 Å². The molecule has 6 heterocycles. The highest BCUT2D eigenvalue weighted by Gasteiger charge is 2.35.